The van der Waals surface area contributed by atoms with E-state index in [1.807, 2.05) is 25.4 Å². The van der Waals surface area contributed by atoms with Crippen LogP contribution in [-0.4, -0.2) is 16.2 Å². The molecule has 0 unspecified atom stereocenters. The first-order valence-electron chi connectivity index (χ1n) is 8.78. The fraction of sp³-hybridized carbons (Fsp3) is 0.632. The zero-order valence-electron chi connectivity index (χ0n) is 14.3. The Morgan fingerprint density at radius 2 is 1.86 bits per heavy atom. The summed E-state index contributed by atoms with van der Waals surface area (Å²) in [6, 6.07) is 6.15. The molecule has 3 heteroatoms. The first-order chi connectivity index (χ1) is 10.7. The van der Waals surface area contributed by atoms with E-state index in [0.717, 1.165) is 23.7 Å². The lowest BCUT2D eigenvalue weighted by Gasteiger charge is -2.07. The van der Waals surface area contributed by atoms with Crippen LogP contribution in [0.5, 0.6) is 5.75 Å². The van der Waals surface area contributed by atoms with Crippen molar-refractivity contribution in [1.82, 2.24) is 9.55 Å². The van der Waals surface area contributed by atoms with Gasteiger partial charge in [0.15, 0.2) is 0 Å². The van der Waals surface area contributed by atoms with Crippen molar-refractivity contribution in [2.24, 2.45) is 5.92 Å². The molecule has 0 saturated carbocycles. The lowest BCUT2D eigenvalue weighted by molar-refractivity contribution is 0.340. The molecule has 3 nitrogen and oxygen atoms in total. The van der Waals surface area contributed by atoms with Crippen molar-refractivity contribution in [3.05, 3.63) is 24.5 Å². The van der Waals surface area contributed by atoms with Gasteiger partial charge >= 0.3 is 0 Å². The number of imidazole rings is 1. The van der Waals surface area contributed by atoms with Gasteiger partial charge in [-0.05, 0) is 31.4 Å². The molecule has 1 aromatic carbocycles. The van der Waals surface area contributed by atoms with Crippen molar-refractivity contribution in [2.45, 2.75) is 65.8 Å². The van der Waals surface area contributed by atoms with Gasteiger partial charge in [0.2, 0.25) is 0 Å². The molecule has 0 aliphatic heterocycles. The molecule has 122 valence electrons. The minimum Gasteiger partial charge on any atom is -0.494 e. The Hall–Kier alpha value is -1.51. The summed E-state index contributed by atoms with van der Waals surface area (Å²) in [4.78, 5) is 4.48. The van der Waals surface area contributed by atoms with Gasteiger partial charge < -0.3 is 9.30 Å². The third-order valence-electron chi connectivity index (χ3n) is 4.08. The number of hydrogen-bond acceptors (Lipinski definition) is 2. The SMILES string of the molecule is CCOc1ccc2ncn(CCCCCCCC(C)C)c2c1. The van der Waals surface area contributed by atoms with Crippen LogP contribution in [0, 0.1) is 5.92 Å². The number of aromatic nitrogens is 2. The molecular formula is C19H30N2O. The average Bonchev–Trinajstić information content (AvgIpc) is 2.89. The fourth-order valence-corrected chi connectivity index (χ4v) is 2.84. The van der Waals surface area contributed by atoms with E-state index < -0.39 is 0 Å². The quantitative estimate of drug-likeness (QED) is 0.547. The summed E-state index contributed by atoms with van der Waals surface area (Å²) in [6.07, 6.45) is 9.96. The molecule has 0 bridgehead atoms. The summed E-state index contributed by atoms with van der Waals surface area (Å²) in [7, 11) is 0. The Morgan fingerprint density at radius 3 is 2.64 bits per heavy atom. The molecule has 0 radical (unpaired) electrons. The van der Waals surface area contributed by atoms with Crippen molar-refractivity contribution in [3.8, 4) is 5.75 Å². The maximum atomic E-state index is 5.59. The number of benzene rings is 1. The van der Waals surface area contributed by atoms with Crippen molar-refractivity contribution in [3.63, 3.8) is 0 Å². The number of fused-ring (bicyclic) bond motifs is 1. The highest BCUT2D eigenvalue weighted by atomic mass is 16.5. The van der Waals surface area contributed by atoms with Gasteiger partial charge in [0.1, 0.15) is 5.75 Å². The molecule has 2 rings (SSSR count). The molecule has 0 saturated heterocycles. The Kier molecular flexibility index (Phi) is 6.75. The first kappa shape index (κ1) is 16.9. The maximum absolute atomic E-state index is 5.59. The number of aryl methyl sites for hydroxylation is 1. The normalized spacial score (nSPS) is 11.5. The molecule has 0 atom stereocenters. The van der Waals surface area contributed by atoms with Gasteiger partial charge in [-0.25, -0.2) is 4.98 Å². The molecule has 1 aromatic heterocycles. The van der Waals surface area contributed by atoms with Crippen molar-refractivity contribution in [1.29, 1.82) is 0 Å². The molecule has 0 fully saturated rings. The molecule has 0 spiro atoms. The summed E-state index contributed by atoms with van der Waals surface area (Å²) >= 11 is 0. The monoisotopic (exact) mass is 302 g/mol. The van der Waals surface area contributed by atoms with E-state index in [-0.39, 0.29) is 0 Å². The van der Waals surface area contributed by atoms with E-state index in [1.54, 1.807) is 0 Å². The number of rotatable bonds is 10. The van der Waals surface area contributed by atoms with Gasteiger partial charge in [-0.1, -0.05) is 46.0 Å². The Labute approximate surface area is 134 Å². The number of unbranched alkanes of at least 4 members (excludes halogenated alkanes) is 4. The van der Waals surface area contributed by atoms with E-state index in [0.29, 0.717) is 6.61 Å². The highest BCUT2D eigenvalue weighted by Crippen LogP contribution is 2.21. The molecule has 0 aliphatic carbocycles. The summed E-state index contributed by atoms with van der Waals surface area (Å²) in [6.45, 7) is 8.38. The molecule has 0 amide bonds. The van der Waals surface area contributed by atoms with Crippen molar-refractivity contribution < 1.29 is 4.74 Å². The highest BCUT2D eigenvalue weighted by molar-refractivity contribution is 5.77. The van der Waals surface area contributed by atoms with E-state index in [1.165, 1.54) is 44.0 Å². The van der Waals surface area contributed by atoms with Gasteiger partial charge in [0.05, 0.1) is 24.0 Å². The third kappa shape index (κ3) is 5.04. The first-order valence-corrected chi connectivity index (χ1v) is 8.78. The third-order valence-corrected chi connectivity index (χ3v) is 4.08. The number of ether oxygens (including phenoxy) is 1. The smallest absolute Gasteiger partial charge is 0.121 e. The van der Waals surface area contributed by atoms with E-state index in [2.05, 4.69) is 29.5 Å². The highest BCUT2D eigenvalue weighted by Gasteiger charge is 2.04. The summed E-state index contributed by atoms with van der Waals surface area (Å²) in [5.74, 6) is 1.78. The van der Waals surface area contributed by atoms with Crippen LogP contribution in [0.4, 0.5) is 0 Å². The lowest BCUT2D eigenvalue weighted by Crippen LogP contribution is -1.97. The second kappa shape index (κ2) is 8.82. The van der Waals surface area contributed by atoms with Gasteiger partial charge in [0, 0.05) is 12.6 Å². The number of nitrogens with zero attached hydrogens (tertiary/aromatic N) is 2. The Balaban J connectivity index is 1.78. The van der Waals surface area contributed by atoms with E-state index in [9.17, 15) is 0 Å². The Morgan fingerprint density at radius 1 is 1.09 bits per heavy atom. The van der Waals surface area contributed by atoms with Gasteiger partial charge in [-0.2, -0.15) is 0 Å². The summed E-state index contributed by atoms with van der Waals surface area (Å²) in [5, 5.41) is 0. The molecule has 0 aliphatic rings. The number of hydrogen-bond donors (Lipinski definition) is 0. The van der Waals surface area contributed by atoms with Crippen LogP contribution in [-0.2, 0) is 6.54 Å². The zero-order valence-corrected chi connectivity index (χ0v) is 14.3. The second-order valence-corrected chi connectivity index (χ2v) is 6.47. The predicted octanol–water partition coefficient (Wildman–Crippen LogP) is 5.43. The topological polar surface area (TPSA) is 27.1 Å². The molecule has 2 aromatic rings. The largest absolute Gasteiger partial charge is 0.494 e. The zero-order chi connectivity index (χ0) is 15.8. The minimum absolute atomic E-state index is 0.704. The van der Waals surface area contributed by atoms with E-state index in [4.69, 9.17) is 4.74 Å². The van der Waals surface area contributed by atoms with Crippen LogP contribution in [0.15, 0.2) is 24.5 Å². The van der Waals surface area contributed by atoms with Crippen molar-refractivity contribution >= 4 is 11.0 Å². The summed E-state index contributed by atoms with van der Waals surface area (Å²) < 4.78 is 7.84. The summed E-state index contributed by atoms with van der Waals surface area (Å²) in [5.41, 5.74) is 2.24. The standard InChI is InChI=1S/C19H30N2O/c1-4-22-17-11-12-18-19(14-17)21(15-20-18)13-9-7-5-6-8-10-16(2)3/h11-12,14-16H,4-10,13H2,1-3H3. The van der Waals surface area contributed by atoms with Crippen LogP contribution in [0.3, 0.4) is 0 Å². The van der Waals surface area contributed by atoms with Crippen molar-refractivity contribution in [2.75, 3.05) is 6.61 Å². The fourth-order valence-electron chi connectivity index (χ4n) is 2.84. The molecule has 1 heterocycles. The van der Waals surface area contributed by atoms with Crippen LogP contribution in [0.1, 0.15) is 59.3 Å². The minimum atomic E-state index is 0.704. The molecule has 0 N–H and O–H groups in total. The molecule has 22 heavy (non-hydrogen) atoms. The van der Waals surface area contributed by atoms with Gasteiger partial charge in [-0.3, -0.25) is 0 Å². The Bertz CT molecular complexity index is 560. The van der Waals surface area contributed by atoms with Crippen LogP contribution < -0.4 is 4.74 Å². The van der Waals surface area contributed by atoms with E-state index >= 15 is 0 Å². The van der Waals surface area contributed by atoms with Gasteiger partial charge in [0.25, 0.3) is 0 Å². The average molecular weight is 302 g/mol. The lowest BCUT2D eigenvalue weighted by atomic mass is 10.0. The van der Waals surface area contributed by atoms with Gasteiger partial charge in [-0.15, -0.1) is 0 Å². The van der Waals surface area contributed by atoms with Crippen LogP contribution >= 0.6 is 0 Å². The maximum Gasteiger partial charge on any atom is 0.121 e. The predicted molar refractivity (Wildman–Crippen MR) is 93.4 cm³/mol. The van der Waals surface area contributed by atoms with Crippen LogP contribution in [0.2, 0.25) is 0 Å². The second-order valence-electron chi connectivity index (χ2n) is 6.47. The molecular weight excluding hydrogens is 272 g/mol. The van der Waals surface area contributed by atoms with Crippen LogP contribution in [0.25, 0.3) is 11.0 Å².